The molecule has 118 valence electrons. The third-order valence-electron chi connectivity index (χ3n) is 5.80. The van der Waals surface area contributed by atoms with Crippen LogP contribution in [0.4, 0.5) is 0 Å². The molecule has 2 rings (SSSR count). The van der Waals surface area contributed by atoms with Crippen LogP contribution >= 0.6 is 0 Å². The predicted octanol–water partition coefficient (Wildman–Crippen LogP) is 4.40. The normalized spacial score (nSPS) is 38.1. The van der Waals surface area contributed by atoms with Gasteiger partial charge in [0.05, 0.1) is 17.3 Å². The van der Waals surface area contributed by atoms with Gasteiger partial charge in [0.2, 0.25) is 0 Å². The highest BCUT2D eigenvalue weighted by molar-refractivity contribution is 4.99. The van der Waals surface area contributed by atoms with Gasteiger partial charge in [0.1, 0.15) is 0 Å². The summed E-state index contributed by atoms with van der Waals surface area (Å²) >= 11 is 0. The Kier molecular flexibility index (Phi) is 4.57. The largest absolute Gasteiger partial charge is 0.392 e. The zero-order valence-corrected chi connectivity index (χ0v) is 14.3. The van der Waals surface area contributed by atoms with Crippen LogP contribution in [0.1, 0.15) is 73.6 Å². The lowest BCUT2D eigenvalue weighted by Gasteiger charge is -2.38. The van der Waals surface area contributed by atoms with Crippen molar-refractivity contribution in [1.82, 2.24) is 0 Å². The van der Waals surface area contributed by atoms with Gasteiger partial charge in [-0.2, -0.15) is 0 Å². The van der Waals surface area contributed by atoms with E-state index in [9.17, 15) is 5.11 Å². The van der Waals surface area contributed by atoms with E-state index in [0.29, 0.717) is 5.92 Å². The van der Waals surface area contributed by atoms with Crippen molar-refractivity contribution in [3.8, 4) is 0 Å². The molecule has 1 saturated carbocycles. The Bertz CT molecular complexity index is 324. The Hall–Kier alpha value is -0.0800. The highest BCUT2D eigenvalue weighted by atomic mass is 16.5. The Morgan fingerprint density at radius 3 is 1.85 bits per heavy atom. The Morgan fingerprint density at radius 2 is 1.45 bits per heavy atom. The number of rotatable bonds is 3. The van der Waals surface area contributed by atoms with Crippen molar-refractivity contribution in [3.63, 3.8) is 0 Å². The zero-order valence-electron chi connectivity index (χ0n) is 14.3. The van der Waals surface area contributed by atoms with Crippen molar-refractivity contribution in [2.45, 2.75) is 91.0 Å². The minimum atomic E-state index is -0.197. The van der Waals surface area contributed by atoms with Crippen molar-refractivity contribution < 1.29 is 9.84 Å². The standard InChI is InChI=1S/C18H34O2/c1-12(2)13-7-9-14(10-8-13)16(19)15-11-17(3,4)20-18(15,5)6/h12-16,19H,7-11H2,1-6H3. The van der Waals surface area contributed by atoms with E-state index in [2.05, 4.69) is 41.5 Å². The Labute approximate surface area is 125 Å². The molecule has 0 bridgehead atoms. The van der Waals surface area contributed by atoms with Crippen molar-refractivity contribution in [2.24, 2.45) is 23.7 Å². The first-order valence-corrected chi connectivity index (χ1v) is 8.50. The lowest BCUT2D eigenvalue weighted by Crippen LogP contribution is -2.41. The molecule has 2 aliphatic rings. The van der Waals surface area contributed by atoms with Crippen LogP contribution in [0.2, 0.25) is 0 Å². The van der Waals surface area contributed by atoms with Crippen LogP contribution in [0.5, 0.6) is 0 Å². The minimum absolute atomic E-state index is 0.0930. The van der Waals surface area contributed by atoms with Gasteiger partial charge in [-0.1, -0.05) is 13.8 Å². The molecule has 0 aromatic heterocycles. The molecule has 2 nitrogen and oxygen atoms in total. The summed E-state index contributed by atoms with van der Waals surface area (Å²) in [6.07, 6.45) is 5.74. The fraction of sp³-hybridized carbons (Fsp3) is 1.00. The molecule has 0 spiro atoms. The summed E-state index contributed by atoms with van der Waals surface area (Å²) in [6.45, 7) is 13.3. The van der Waals surface area contributed by atoms with Gasteiger partial charge < -0.3 is 9.84 Å². The van der Waals surface area contributed by atoms with Gasteiger partial charge in [-0.05, 0) is 77.6 Å². The van der Waals surface area contributed by atoms with E-state index in [-0.39, 0.29) is 23.2 Å². The maximum atomic E-state index is 10.9. The van der Waals surface area contributed by atoms with Crippen molar-refractivity contribution in [1.29, 1.82) is 0 Å². The maximum absolute atomic E-state index is 10.9. The average Bonchev–Trinajstić information content (AvgIpc) is 2.56. The smallest absolute Gasteiger partial charge is 0.0687 e. The SMILES string of the molecule is CC(C)C1CCC(C(O)C2CC(C)(C)OC2(C)C)CC1. The third kappa shape index (κ3) is 3.39. The van der Waals surface area contributed by atoms with Gasteiger partial charge in [0.15, 0.2) is 0 Å². The molecule has 2 heteroatoms. The second-order valence-electron chi connectivity index (χ2n) is 8.69. The average molecular weight is 282 g/mol. The first-order valence-electron chi connectivity index (χ1n) is 8.50. The maximum Gasteiger partial charge on any atom is 0.0687 e. The number of aliphatic hydroxyl groups excluding tert-OH is 1. The molecular weight excluding hydrogens is 248 g/mol. The van der Waals surface area contributed by atoms with Crippen LogP contribution in [-0.2, 0) is 4.74 Å². The van der Waals surface area contributed by atoms with E-state index in [1.165, 1.54) is 25.7 Å². The van der Waals surface area contributed by atoms with Crippen LogP contribution in [0, 0.1) is 23.7 Å². The highest BCUT2D eigenvalue weighted by Crippen LogP contribution is 2.47. The molecule has 1 saturated heterocycles. The first kappa shape index (κ1) is 16.3. The van der Waals surface area contributed by atoms with Gasteiger partial charge in [0.25, 0.3) is 0 Å². The van der Waals surface area contributed by atoms with Gasteiger partial charge >= 0.3 is 0 Å². The fourth-order valence-corrected chi connectivity index (χ4v) is 4.62. The van der Waals surface area contributed by atoms with Crippen molar-refractivity contribution >= 4 is 0 Å². The van der Waals surface area contributed by atoms with Crippen LogP contribution in [0.3, 0.4) is 0 Å². The number of hydrogen-bond acceptors (Lipinski definition) is 2. The molecule has 0 aromatic rings. The Balaban J connectivity index is 1.97. The van der Waals surface area contributed by atoms with Crippen LogP contribution in [-0.4, -0.2) is 22.4 Å². The van der Waals surface area contributed by atoms with Gasteiger partial charge in [0, 0.05) is 5.92 Å². The molecule has 2 fully saturated rings. The summed E-state index contributed by atoms with van der Waals surface area (Å²) in [7, 11) is 0. The van der Waals surface area contributed by atoms with E-state index in [1.54, 1.807) is 0 Å². The number of hydrogen-bond donors (Lipinski definition) is 1. The topological polar surface area (TPSA) is 29.5 Å². The number of ether oxygens (including phenoxy) is 1. The second kappa shape index (κ2) is 5.61. The molecule has 1 aliphatic heterocycles. The fourth-order valence-electron chi connectivity index (χ4n) is 4.62. The summed E-state index contributed by atoms with van der Waals surface area (Å²) in [5, 5.41) is 10.9. The van der Waals surface area contributed by atoms with Gasteiger partial charge in [-0.25, -0.2) is 0 Å². The van der Waals surface area contributed by atoms with Crippen LogP contribution in [0.15, 0.2) is 0 Å². The van der Waals surface area contributed by atoms with Crippen LogP contribution in [0.25, 0.3) is 0 Å². The minimum Gasteiger partial charge on any atom is -0.392 e. The van der Waals surface area contributed by atoms with E-state index >= 15 is 0 Å². The number of aliphatic hydroxyl groups is 1. The van der Waals surface area contributed by atoms with Gasteiger partial charge in [-0.15, -0.1) is 0 Å². The molecule has 1 aliphatic carbocycles. The molecule has 2 unspecified atom stereocenters. The van der Waals surface area contributed by atoms with E-state index in [1.807, 2.05) is 0 Å². The molecule has 0 amide bonds. The quantitative estimate of drug-likeness (QED) is 0.831. The van der Waals surface area contributed by atoms with Crippen LogP contribution < -0.4 is 0 Å². The predicted molar refractivity (Wildman–Crippen MR) is 83.6 cm³/mol. The van der Waals surface area contributed by atoms with Crippen molar-refractivity contribution in [3.05, 3.63) is 0 Å². The summed E-state index contributed by atoms with van der Waals surface area (Å²) in [5.74, 6) is 2.41. The summed E-state index contributed by atoms with van der Waals surface area (Å²) < 4.78 is 6.16. The van der Waals surface area contributed by atoms with Crippen molar-refractivity contribution in [2.75, 3.05) is 0 Å². The summed E-state index contributed by atoms with van der Waals surface area (Å²) in [6, 6.07) is 0. The summed E-state index contributed by atoms with van der Waals surface area (Å²) in [5.41, 5.74) is -0.290. The highest BCUT2D eigenvalue weighted by Gasteiger charge is 2.50. The third-order valence-corrected chi connectivity index (χ3v) is 5.80. The lowest BCUT2D eigenvalue weighted by molar-refractivity contribution is -0.0963. The molecule has 0 aromatic carbocycles. The monoisotopic (exact) mass is 282 g/mol. The summed E-state index contributed by atoms with van der Waals surface area (Å²) in [4.78, 5) is 0. The second-order valence-corrected chi connectivity index (χ2v) is 8.69. The molecule has 1 heterocycles. The molecular formula is C18H34O2. The first-order chi connectivity index (χ1) is 9.12. The molecule has 20 heavy (non-hydrogen) atoms. The lowest BCUT2D eigenvalue weighted by atomic mass is 9.70. The van der Waals surface area contributed by atoms with Gasteiger partial charge in [-0.3, -0.25) is 0 Å². The van der Waals surface area contributed by atoms with E-state index in [0.717, 1.165) is 18.3 Å². The van der Waals surface area contributed by atoms with E-state index in [4.69, 9.17) is 4.74 Å². The molecule has 0 radical (unpaired) electrons. The van der Waals surface area contributed by atoms with E-state index < -0.39 is 0 Å². The molecule has 1 N–H and O–H groups in total. The molecule has 2 atom stereocenters. The Morgan fingerprint density at radius 1 is 0.950 bits per heavy atom. The zero-order chi connectivity index (χ0) is 15.1.